The van der Waals surface area contributed by atoms with Gasteiger partial charge in [0.1, 0.15) is 11.8 Å². The molecule has 0 aliphatic carbocycles. The second-order valence-electron chi connectivity index (χ2n) is 5.70. The lowest BCUT2D eigenvalue weighted by Crippen LogP contribution is -2.94. The molecular weight excluding hydrogens is 334 g/mol. The maximum atomic E-state index is 12.0. The van der Waals surface area contributed by atoms with Crippen LogP contribution in [0.2, 0.25) is 0 Å². The highest BCUT2D eigenvalue weighted by atomic mass is 16.5. The normalized spacial score (nSPS) is 11.4. The number of carboxylic acids is 1. The number of para-hydroxylation sites is 3. The van der Waals surface area contributed by atoms with Crippen molar-refractivity contribution in [2.75, 3.05) is 30.8 Å². The number of benzene rings is 2. The lowest BCUT2D eigenvalue weighted by Gasteiger charge is -2.17. The Morgan fingerprint density at radius 2 is 1.81 bits per heavy atom. The van der Waals surface area contributed by atoms with Crippen LogP contribution in [-0.2, 0) is 9.59 Å². The highest BCUT2D eigenvalue weighted by Crippen LogP contribution is 2.22. The molecular formula is C19H23N3O4. The molecule has 0 bridgehead atoms. The van der Waals surface area contributed by atoms with E-state index < -0.39 is 12.0 Å². The second kappa shape index (κ2) is 10.0. The largest absolute Gasteiger partial charge is 0.544 e. The third-order valence-corrected chi connectivity index (χ3v) is 3.78. The summed E-state index contributed by atoms with van der Waals surface area (Å²) in [5.74, 6) is -0.906. The third-order valence-electron chi connectivity index (χ3n) is 3.78. The van der Waals surface area contributed by atoms with Crippen LogP contribution in [-0.4, -0.2) is 38.1 Å². The molecule has 0 aliphatic rings. The number of anilines is 2. The molecule has 7 heteroatoms. The first-order valence-corrected chi connectivity index (χ1v) is 8.36. The van der Waals surface area contributed by atoms with Gasteiger partial charge in [-0.2, -0.15) is 0 Å². The Hall–Kier alpha value is -3.06. The van der Waals surface area contributed by atoms with E-state index in [-0.39, 0.29) is 12.3 Å². The molecule has 1 amide bonds. The maximum Gasteiger partial charge on any atom is 0.230 e. The van der Waals surface area contributed by atoms with Gasteiger partial charge in [0, 0.05) is 5.69 Å². The number of rotatable bonds is 10. The summed E-state index contributed by atoms with van der Waals surface area (Å²) in [6, 6.07) is 15.4. The van der Waals surface area contributed by atoms with E-state index >= 15 is 0 Å². The van der Waals surface area contributed by atoms with E-state index in [2.05, 4.69) is 10.6 Å². The summed E-state index contributed by atoms with van der Waals surface area (Å²) in [5.41, 5.74) is 1.46. The molecule has 1 atom stereocenters. The van der Waals surface area contributed by atoms with Crippen molar-refractivity contribution in [3.05, 3.63) is 54.6 Å². The van der Waals surface area contributed by atoms with Gasteiger partial charge in [-0.25, -0.2) is 0 Å². The number of amides is 1. The van der Waals surface area contributed by atoms with Crippen LogP contribution in [0, 0.1) is 0 Å². The van der Waals surface area contributed by atoms with Crippen molar-refractivity contribution in [1.29, 1.82) is 0 Å². The van der Waals surface area contributed by atoms with E-state index in [9.17, 15) is 14.7 Å². The van der Waals surface area contributed by atoms with Crippen LogP contribution in [0.15, 0.2) is 54.6 Å². The van der Waals surface area contributed by atoms with Crippen LogP contribution in [0.5, 0.6) is 5.75 Å². The van der Waals surface area contributed by atoms with Gasteiger partial charge in [-0.1, -0.05) is 30.3 Å². The van der Waals surface area contributed by atoms with Gasteiger partial charge in [0.25, 0.3) is 0 Å². The zero-order chi connectivity index (χ0) is 18.8. The number of aliphatic carboxylic acids is 1. The van der Waals surface area contributed by atoms with E-state index in [4.69, 9.17) is 4.74 Å². The number of carboxylic acid groups (broad SMARTS) is 1. The molecule has 26 heavy (non-hydrogen) atoms. The minimum absolute atomic E-state index is 0.161. The average Bonchev–Trinajstić information content (AvgIpc) is 2.65. The summed E-state index contributed by atoms with van der Waals surface area (Å²) in [5, 5.41) is 18.7. The van der Waals surface area contributed by atoms with Crippen LogP contribution >= 0.6 is 0 Å². The number of hydrogen-bond acceptors (Lipinski definition) is 5. The number of nitrogens with one attached hydrogen (secondary N) is 2. The standard InChI is InChI=1S/C19H23N3O4/c1-26-17-10-6-5-9-15(17)20-11-12-21-16(19(24)25)13-18(23)22-14-7-3-2-4-8-14/h2-10,16,20-21H,11-13H2,1H3,(H,22,23)(H,24,25)/t16-/m1/s1. The molecule has 2 rings (SSSR count). The van der Waals surface area contributed by atoms with E-state index in [1.165, 1.54) is 0 Å². The molecule has 0 fully saturated rings. The van der Waals surface area contributed by atoms with Crippen molar-refractivity contribution in [2.45, 2.75) is 12.5 Å². The number of ether oxygens (including phenoxy) is 1. The first-order chi connectivity index (χ1) is 12.6. The van der Waals surface area contributed by atoms with Crippen molar-refractivity contribution in [2.24, 2.45) is 0 Å². The molecule has 138 valence electrons. The fourth-order valence-corrected chi connectivity index (χ4v) is 2.48. The van der Waals surface area contributed by atoms with E-state index in [0.717, 1.165) is 5.69 Å². The lowest BCUT2D eigenvalue weighted by molar-refractivity contribution is -0.680. The van der Waals surface area contributed by atoms with Crippen molar-refractivity contribution in [3.63, 3.8) is 0 Å². The summed E-state index contributed by atoms with van der Waals surface area (Å²) in [4.78, 5) is 23.3. The topological polar surface area (TPSA) is 107 Å². The molecule has 2 aromatic rings. The van der Waals surface area contributed by atoms with Crippen molar-refractivity contribution in [1.82, 2.24) is 0 Å². The van der Waals surface area contributed by atoms with Gasteiger partial charge in [-0.15, -0.1) is 0 Å². The molecule has 0 saturated heterocycles. The van der Waals surface area contributed by atoms with Crippen LogP contribution < -0.4 is 25.8 Å². The number of carbonyl (C=O) groups excluding carboxylic acids is 2. The van der Waals surface area contributed by atoms with Gasteiger partial charge in [0.15, 0.2) is 0 Å². The predicted octanol–water partition coefficient (Wildman–Crippen LogP) is -0.182. The lowest BCUT2D eigenvalue weighted by atomic mass is 10.2. The summed E-state index contributed by atoms with van der Waals surface area (Å²) in [6.07, 6.45) is -0.161. The fourth-order valence-electron chi connectivity index (χ4n) is 2.48. The van der Waals surface area contributed by atoms with Gasteiger partial charge in [-0.3, -0.25) is 4.79 Å². The molecule has 7 nitrogen and oxygen atoms in total. The Balaban J connectivity index is 1.79. The maximum absolute atomic E-state index is 12.0. The predicted molar refractivity (Wildman–Crippen MR) is 96.8 cm³/mol. The highest BCUT2D eigenvalue weighted by Gasteiger charge is 2.18. The van der Waals surface area contributed by atoms with E-state index in [1.54, 1.807) is 36.7 Å². The van der Waals surface area contributed by atoms with Crippen LogP contribution in [0.1, 0.15) is 6.42 Å². The Morgan fingerprint density at radius 3 is 2.50 bits per heavy atom. The van der Waals surface area contributed by atoms with Crippen LogP contribution in [0.4, 0.5) is 11.4 Å². The number of carbonyl (C=O) groups is 2. The molecule has 0 spiro atoms. The van der Waals surface area contributed by atoms with Crippen molar-refractivity contribution in [3.8, 4) is 5.75 Å². The fraction of sp³-hybridized carbons (Fsp3) is 0.263. The minimum Gasteiger partial charge on any atom is -0.544 e. The minimum atomic E-state index is -1.26. The molecule has 0 aliphatic heterocycles. The quantitative estimate of drug-likeness (QED) is 0.511. The first-order valence-electron chi connectivity index (χ1n) is 8.36. The molecule has 0 aromatic heterocycles. The zero-order valence-corrected chi connectivity index (χ0v) is 14.6. The molecule has 0 unspecified atom stereocenters. The Kier molecular flexibility index (Phi) is 7.45. The molecule has 0 saturated carbocycles. The highest BCUT2D eigenvalue weighted by molar-refractivity contribution is 5.93. The van der Waals surface area contributed by atoms with Gasteiger partial charge >= 0.3 is 0 Å². The number of methoxy groups -OCH3 is 1. The zero-order valence-electron chi connectivity index (χ0n) is 14.6. The number of hydrogen-bond donors (Lipinski definition) is 3. The number of quaternary nitrogens is 1. The van der Waals surface area contributed by atoms with Crippen molar-refractivity contribution < 1.29 is 24.7 Å². The van der Waals surface area contributed by atoms with E-state index in [0.29, 0.717) is 24.5 Å². The summed E-state index contributed by atoms with van der Waals surface area (Å²) < 4.78 is 5.24. The summed E-state index contributed by atoms with van der Waals surface area (Å²) >= 11 is 0. The SMILES string of the molecule is COc1ccccc1NCC[NH2+][C@H](CC(=O)Nc1ccccc1)C(=O)[O-]. The monoisotopic (exact) mass is 357 g/mol. The Labute approximate surface area is 152 Å². The molecule has 0 radical (unpaired) electrons. The van der Waals surface area contributed by atoms with Gasteiger partial charge in [0.2, 0.25) is 5.91 Å². The second-order valence-corrected chi connectivity index (χ2v) is 5.70. The molecule has 4 N–H and O–H groups in total. The Bertz CT molecular complexity index is 722. The van der Waals surface area contributed by atoms with Gasteiger partial charge in [-0.05, 0) is 24.3 Å². The third kappa shape index (κ3) is 6.10. The van der Waals surface area contributed by atoms with Gasteiger partial charge in [0.05, 0.1) is 38.3 Å². The summed E-state index contributed by atoms with van der Waals surface area (Å²) in [6.45, 7) is 0.986. The molecule has 2 aromatic carbocycles. The smallest absolute Gasteiger partial charge is 0.230 e. The van der Waals surface area contributed by atoms with Gasteiger partial charge < -0.3 is 30.6 Å². The van der Waals surface area contributed by atoms with Crippen LogP contribution in [0.3, 0.4) is 0 Å². The summed E-state index contributed by atoms with van der Waals surface area (Å²) in [7, 11) is 1.59. The number of nitrogens with two attached hydrogens (primary N) is 1. The Morgan fingerprint density at radius 1 is 1.12 bits per heavy atom. The van der Waals surface area contributed by atoms with Crippen molar-refractivity contribution >= 4 is 23.3 Å². The first kappa shape index (κ1) is 19.3. The van der Waals surface area contributed by atoms with Crippen LogP contribution in [0.25, 0.3) is 0 Å². The molecule has 0 heterocycles. The average molecular weight is 357 g/mol. The van der Waals surface area contributed by atoms with E-state index in [1.807, 2.05) is 30.3 Å².